The number of halogens is 3. The molecule has 0 spiro atoms. The van der Waals surface area contributed by atoms with Crippen molar-refractivity contribution in [1.29, 1.82) is 0 Å². The van der Waals surface area contributed by atoms with E-state index in [9.17, 15) is 13.2 Å². The second kappa shape index (κ2) is 7.34. The van der Waals surface area contributed by atoms with Gasteiger partial charge in [0.1, 0.15) is 0 Å². The van der Waals surface area contributed by atoms with Crippen molar-refractivity contribution in [2.75, 3.05) is 0 Å². The third-order valence-corrected chi connectivity index (χ3v) is 2.00. The van der Waals surface area contributed by atoms with Crippen LogP contribution in [-0.2, 0) is 6.18 Å². The summed E-state index contributed by atoms with van der Waals surface area (Å²) in [6.45, 7) is 7.38. The number of hydrogen-bond donors (Lipinski definition) is 0. The van der Waals surface area contributed by atoms with Crippen LogP contribution in [0.3, 0.4) is 0 Å². The number of alkyl halides is 3. The summed E-state index contributed by atoms with van der Waals surface area (Å²) in [6.07, 6.45) is -3.89. The van der Waals surface area contributed by atoms with E-state index in [1.165, 1.54) is 6.20 Å². The molecule has 0 radical (unpaired) electrons. The fraction of sp³-hybridized carbons (Fsp3) is 0.727. The summed E-state index contributed by atoms with van der Waals surface area (Å²) in [5.74, 6) is 0. The third-order valence-electron chi connectivity index (χ3n) is 2.00. The van der Waals surface area contributed by atoms with Crippen molar-refractivity contribution in [2.24, 2.45) is 0 Å². The molecule has 0 atom stereocenters. The Morgan fingerprint density at radius 2 is 1.58 bits per heavy atom. The van der Waals surface area contributed by atoms with Crippen molar-refractivity contribution in [3.63, 3.8) is 0 Å². The predicted molar refractivity (Wildman–Crippen MR) is 63.3 cm³/mol. The van der Waals surface area contributed by atoms with Crippen molar-refractivity contribution in [2.45, 2.75) is 52.2 Å². The fourth-order valence-electron chi connectivity index (χ4n) is 1.33. The van der Waals surface area contributed by atoms with E-state index in [4.69, 9.17) is 0 Å². The fourth-order valence-corrected chi connectivity index (χ4v) is 1.33. The quantitative estimate of drug-likeness (QED) is 0.733. The molecular formula is C11H17F3LiN4-. The molecule has 0 aromatic carbocycles. The first-order chi connectivity index (χ1) is 8.20. The molecule has 1 aromatic rings. The van der Waals surface area contributed by atoms with Crippen LogP contribution in [0.15, 0.2) is 12.3 Å². The van der Waals surface area contributed by atoms with E-state index < -0.39 is 18.2 Å². The zero-order valence-electron chi connectivity index (χ0n) is 11.8. The van der Waals surface area contributed by atoms with E-state index in [-0.39, 0.29) is 30.9 Å². The minimum atomic E-state index is -4.44. The number of nitrogens with zero attached hydrogens (tertiary/aromatic N) is 4. The van der Waals surface area contributed by atoms with Crippen molar-refractivity contribution in [1.82, 2.24) is 9.78 Å². The first kappa shape index (κ1) is 18.5. The standard InChI is InChI=1S/C11H17F3N4.Li/c1-7(2)15-10(16-8(3)4)18-6-5-9(17-18)11(12,13)14;/h5-8,10H,1-4H3;/q-2;+1. The maximum atomic E-state index is 12.5. The first-order valence-corrected chi connectivity index (χ1v) is 5.72. The molecule has 0 amide bonds. The third kappa shape index (κ3) is 6.00. The minimum absolute atomic E-state index is 0. The second-order valence-electron chi connectivity index (χ2n) is 4.51. The molecule has 0 aliphatic heterocycles. The summed E-state index contributed by atoms with van der Waals surface area (Å²) >= 11 is 0. The Bertz CT molecular complexity index is 366. The van der Waals surface area contributed by atoms with Gasteiger partial charge in [0, 0.05) is 6.20 Å². The molecule has 0 saturated carbocycles. The van der Waals surface area contributed by atoms with E-state index in [1.54, 1.807) is 0 Å². The van der Waals surface area contributed by atoms with Gasteiger partial charge in [-0.25, -0.2) is 0 Å². The molecule has 0 unspecified atom stereocenters. The minimum Gasteiger partial charge on any atom is -0.657 e. The van der Waals surface area contributed by atoms with Gasteiger partial charge in [-0.2, -0.15) is 18.3 Å². The van der Waals surface area contributed by atoms with E-state index in [0.717, 1.165) is 10.7 Å². The smallest absolute Gasteiger partial charge is 0.657 e. The molecule has 1 rings (SSSR count). The summed E-state index contributed by atoms with van der Waals surface area (Å²) in [6, 6.07) is 0.866. The Morgan fingerprint density at radius 1 is 1.11 bits per heavy atom. The molecule has 4 nitrogen and oxygen atoms in total. The molecule has 0 N–H and O–H groups in total. The zero-order valence-corrected chi connectivity index (χ0v) is 11.8. The van der Waals surface area contributed by atoms with Gasteiger partial charge < -0.3 is 15.3 Å². The van der Waals surface area contributed by atoms with Gasteiger partial charge in [-0.1, -0.05) is 27.7 Å². The van der Waals surface area contributed by atoms with Crippen LogP contribution in [0.2, 0.25) is 0 Å². The Morgan fingerprint density at radius 3 is 1.89 bits per heavy atom. The molecule has 1 heterocycles. The molecule has 104 valence electrons. The van der Waals surface area contributed by atoms with Crippen LogP contribution < -0.4 is 18.9 Å². The van der Waals surface area contributed by atoms with Gasteiger partial charge in [-0.05, 0) is 6.07 Å². The van der Waals surface area contributed by atoms with E-state index in [1.807, 2.05) is 27.7 Å². The molecule has 1 aromatic heterocycles. The predicted octanol–water partition coefficient (Wildman–Crippen LogP) is 0.926. The molecule has 19 heavy (non-hydrogen) atoms. The van der Waals surface area contributed by atoms with Crippen LogP contribution in [-0.4, -0.2) is 21.9 Å². The number of hydrogen-bond acceptors (Lipinski definition) is 1. The molecule has 0 bridgehead atoms. The molecule has 0 saturated heterocycles. The molecule has 0 aliphatic rings. The maximum absolute atomic E-state index is 12.5. The Labute approximate surface area is 123 Å². The summed E-state index contributed by atoms with van der Waals surface area (Å²) in [5, 5.41) is 12.0. The van der Waals surface area contributed by atoms with E-state index >= 15 is 0 Å². The Hall–Kier alpha value is -0.483. The van der Waals surface area contributed by atoms with Crippen LogP contribution >= 0.6 is 0 Å². The number of aromatic nitrogens is 2. The van der Waals surface area contributed by atoms with Crippen molar-refractivity contribution < 1.29 is 32.0 Å². The average Bonchev–Trinajstić information content (AvgIpc) is 2.62. The monoisotopic (exact) mass is 269 g/mol. The van der Waals surface area contributed by atoms with Gasteiger partial charge in [0.25, 0.3) is 0 Å². The van der Waals surface area contributed by atoms with Gasteiger partial charge in [-0.15, -0.1) is 18.4 Å². The largest absolute Gasteiger partial charge is 1.00 e. The van der Waals surface area contributed by atoms with Crippen molar-refractivity contribution in [3.05, 3.63) is 28.6 Å². The molecule has 0 aliphatic carbocycles. The van der Waals surface area contributed by atoms with Gasteiger partial charge >= 0.3 is 25.0 Å². The van der Waals surface area contributed by atoms with Crippen LogP contribution in [0.5, 0.6) is 0 Å². The average molecular weight is 269 g/mol. The van der Waals surface area contributed by atoms with E-state index in [2.05, 4.69) is 15.7 Å². The second-order valence-corrected chi connectivity index (χ2v) is 4.51. The van der Waals surface area contributed by atoms with Gasteiger partial charge in [0.2, 0.25) is 0 Å². The van der Waals surface area contributed by atoms with Crippen LogP contribution in [0.1, 0.15) is 39.7 Å². The molecule has 8 heteroatoms. The number of rotatable bonds is 5. The van der Waals surface area contributed by atoms with Crippen LogP contribution in [0, 0.1) is 0 Å². The maximum Gasteiger partial charge on any atom is 1.00 e. The topological polar surface area (TPSA) is 46.0 Å². The summed E-state index contributed by atoms with van der Waals surface area (Å²) in [4.78, 5) is 0. The van der Waals surface area contributed by atoms with Gasteiger partial charge in [0.15, 0.2) is 5.69 Å². The Kier molecular flexibility index (Phi) is 7.15. The van der Waals surface area contributed by atoms with Gasteiger partial charge in [0.05, 0.1) is 0 Å². The summed E-state index contributed by atoms with van der Waals surface area (Å²) in [5.41, 5.74) is -0.926. The molecule has 0 fully saturated rings. The first-order valence-electron chi connectivity index (χ1n) is 5.72. The van der Waals surface area contributed by atoms with E-state index in [0.29, 0.717) is 0 Å². The summed E-state index contributed by atoms with van der Waals surface area (Å²) in [7, 11) is 0. The van der Waals surface area contributed by atoms with Gasteiger partial charge in [-0.3, -0.25) is 0 Å². The zero-order chi connectivity index (χ0) is 13.9. The Balaban J connectivity index is 0.00000324. The van der Waals surface area contributed by atoms with Crippen molar-refractivity contribution in [3.8, 4) is 0 Å². The summed E-state index contributed by atoms with van der Waals surface area (Å²) < 4.78 is 38.5. The van der Waals surface area contributed by atoms with Crippen LogP contribution in [0.25, 0.3) is 10.6 Å². The SMILES string of the molecule is CC(C)[N-]C([N-]C(C)C)n1ccc(C(F)(F)F)n1.[Li+]. The normalized spacial score (nSPS) is 12.3. The molecular weight excluding hydrogens is 252 g/mol. The van der Waals surface area contributed by atoms with Crippen LogP contribution in [0.4, 0.5) is 13.2 Å². The van der Waals surface area contributed by atoms with Crippen molar-refractivity contribution >= 4 is 0 Å².